The van der Waals surface area contributed by atoms with E-state index in [2.05, 4.69) is 10.3 Å². The Hall–Kier alpha value is -4.24. The summed E-state index contributed by atoms with van der Waals surface area (Å²) in [6, 6.07) is 21.9. The summed E-state index contributed by atoms with van der Waals surface area (Å²) in [4.78, 5) is 45.7. The second-order valence-electron chi connectivity index (χ2n) is 7.79. The SMILES string of the molecule is O=C1CN(C(=O)CSC2=N/C(=C\c3ccccc3)C(=O)N2c2ccc(F)cc2)c2ccccc2N1. The molecule has 3 aromatic carbocycles. The highest BCUT2D eigenvalue weighted by atomic mass is 32.2. The number of amides is 3. The zero-order valence-electron chi connectivity index (χ0n) is 18.3. The molecular formula is C26H19FN4O3S. The van der Waals surface area contributed by atoms with Gasteiger partial charge in [-0.25, -0.2) is 9.38 Å². The van der Waals surface area contributed by atoms with E-state index < -0.39 is 5.82 Å². The fraction of sp³-hybridized carbons (Fsp3) is 0.0769. The normalized spacial score (nSPS) is 16.3. The first-order valence-electron chi connectivity index (χ1n) is 10.8. The maximum Gasteiger partial charge on any atom is 0.283 e. The molecule has 2 aliphatic heterocycles. The van der Waals surface area contributed by atoms with Gasteiger partial charge in [-0.1, -0.05) is 54.2 Å². The van der Waals surface area contributed by atoms with E-state index in [-0.39, 0.29) is 35.7 Å². The molecule has 0 aromatic heterocycles. The van der Waals surface area contributed by atoms with Gasteiger partial charge in [0.2, 0.25) is 11.8 Å². The van der Waals surface area contributed by atoms with Crippen LogP contribution in [0.5, 0.6) is 0 Å². The molecule has 3 aromatic rings. The maximum absolute atomic E-state index is 13.5. The minimum Gasteiger partial charge on any atom is -0.323 e. The smallest absolute Gasteiger partial charge is 0.283 e. The summed E-state index contributed by atoms with van der Waals surface area (Å²) >= 11 is 1.08. The molecular weight excluding hydrogens is 467 g/mol. The Morgan fingerprint density at radius 1 is 1.00 bits per heavy atom. The third-order valence-corrected chi connectivity index (χ3v) is 6.34. The van der Waals surface area contributed by atoms with E-state index in [1.807, 2.05) is 30.3 Å². The number of anilines is 3. The van der Waals surface area contributed by atoms with E-state index >= 15 is 0 Å². The third kappa shape index (κ3) is 4.71. The van der Waals surface area contributed by atoms with Crippen molar-refractivity contribution >= 4 is 57.8 Å². The zero-order chi connectivity index (χ0) is 24.4. The van der Waals surface area contributed by atoms with Gasteiger partial charge in [0.1, 0.15) is 18.1 Å². The first kappa shape index (κ1) is 22.5. The van der Waals surface area contributed by atoms with E-state index in [0.29, 0.717) is 22.2 Å². The van der Waals surface area contributed by atoms with E-state index in [4.69, 9.17) is 0 Å². The average molecular weight is 487 g/mol. The van der Waals surface area contributed by atoms with Gasteiger partial charge >= 0.3 is 0 Å². The number of benzene rings is 3. The predicted octanol–water partition coefficient (Wildman–Crippen LogP) is 4.29. The van der Waals surface area contributed by atoms with Gasteiger partial charge in [0.25, 0.3) is 5.91 Å². The second-order valence-corrected chi connectivity index (χ2v) is 8.73. The summed E-state index contributed by atoms with van der Waals surface area (Å²) in [7, 11) is 0. The van der Waals surface area contributed by atoms with Crippen LogP contribution >= 0.6 is 11.8 Å². The summed E-state index contributed by atoms with van der Waals surface area (Å²) in [6.07, 6.45) is 1.67. The molecule has 0 saturated heterocycles. The van der Waals surface area contributed by atoms with Crippen molar-refractivity contribution in [3.8, 4) is 0 Å². The summed E-state index contributed by atoms with van der Waals surface area (Å²) in [5.41, 5.74) is 2.63. The number of amidine groups is 1. The first-order valence-corrected chi connectivity index (χ1v) is 11.8. The summed E-state index contributed by atoms with van der Waals surface area (Å²) in [5, 5.41) is 3.05. The molecule has 0 fully saturated rings. The van der Waals surface area contributed by atoms with Gasteiger partial charge in [0.15, 0.2) is 5.17 Å². The highest BCUT2D eigenvalue weighted by Crippen LogP contribution is 2.32. The molecule has 0 atom stereocenters. The van der Waals surface area contributed by atoms with Crippen LogP contribution in [0.4, 0.5) is 21.5 Å². The van der Waals surface area contributed by atoms with Crippen molar-refractivity contribution in [2.24, 2.45) is 4.99 Å². The maximum atomic E-state index is 13.5. The highest BCUT2D eigenvalue weighted by molar-refractivity contribution is 8.14. The summed E-state index contributed by atoms with van der Waals surface area (Å²) in [6.45, 7) is -0.0946. The highest BCUT2D eigenvalue weighted by Gasteiger charge is 2.33. The minimum atomic E-state index is -0.427. The third-order valence-electron chi connectivity index (χ3n) is 5.41. The minimum absolute atomic E-state index is 0.0515. The number of aliphatic imine (C=N–C) groups is 1. The summed E-state index contributed by atoms with van der Waals surface area (Å²) in [5.74, 6) is -1.44. The molecule has 0 spiro atoms. The number of halogens is 1. The van der Waals surface area contributed by atoms with Crippen LogP contribution in [0.1, 0.15) is 5.56 Å². The van der Waals surface area contributed by atoms with E-state index in [1.54, 1.807) is 30.3 Å². The van der Waals surface area contributed by atoms with Crippen LogP contribution in [0.3, 0.4) is 0 Å². The van der Waals surface area contributed by atoms with Gasteiger partial charge in [0, 0.05) is 0 Å². The molecule has 0 saturated carbocycles. The number of thioether (sulfide) groups is 1. The van der Waals surface area contributed by atoms with Crippen molar-refractivity contribution in [1.82, 2.24) is 0 Å². The van der Waals surface area contributed by atoms with Gasteiger partial charge in [-0.05, 0) is 48.0 Å². The van der Waals surface area contributed by atoms with Crippen LogP contribution in [0.15, 0.2) is 89.6 Å². The molecule has 0 unspecified atom stereocenters. The van der Waals surface area contributed by atoms with E-state index in [9.17, 15) is 18.8 Å². The Kier molecular flexibility index (Phi) is 6.15. The van der Waals surface area contributed by atoms with Crippen molar-refractivity contribution in [2.75, 3.05) is 27.4 Å². The Balaban J connectivity index is 1.42. The molecule has 7 nitrogen and oxygen atoms in total. The number of hydrogen-bond donors (Lipinski definition) is 1. The molecule has 1 N–H and O–H groups in total. The molecule has 2 heterocycles. The zero-order valence-corrected chi connectivity index (χ0v) is 19.2. The number of hydrogen-bond acceptors (Lipinski definition) is 5. The molecule has 0 radical (unpaired) electrons. The van der Waals surface area contributed by atoms with E-state index in [1.165, 1.54) is 34.1 Å². The first-order chi connectivity index (χ1) is 17.0. The molecule has 3 amide bonds. The lowest BCUT2D eigenvalue weighted by Gasteiger charge is -2.29. The van der Waals surface area contributed by atoms with Gasteiger partial charge in [-0.2, -0.15) is 0 Å². The topological polar surface area (TPSA) is 82.1 Å². The van der Waals surface area contributed by atoms with Crippen LogP contribution in [0.25, 0.3) is 6.08 Å². The van der Waals surface area contributed by atoms with Crippen LogP contribution in [-0.2, 0) is 14.4 Å². The van der Waals surface area contributed by atoms with Gasteiger partial charge in [0.05, 0.1) is 22.8 Å². The predicted molar refractivity (Wildman–Crippen MR) is 136 cm³/mol. The number of fused-ring (bicyclic) bond motifs is 1. The van der Waals surface area contributed by atoms with Crippen molar-refractivity contribution in [3.63, 3.8) is 0 Å². The van der Waals surface area contributed by atoms with Gasteiger partial charge in [-0.15, -0.1) is 0 Å². The van der Waals surface area contributed by atoms with Crippen molar-refractivity contribution in [3.05, 3.63) is 95.9 Å². The van der Waals surface area contributed by atoms with Crippen molar-refractivity contribution in [2.45, 2.75) is 0 Å². The number of nitrogens with one attached hydrogen (secondary N) is 1. The molecule has 174 valence electrons. The molecule has 0 bridgehead atoms. The Morgan fingerprint density at radius 3 is 2.49 bits per heavy atom. The van der Waals surface area contributed by atoms with Crippen molar-refractivity contribution in [1.29, 1.82) is 0 Å². The van der Waals surface area contributed by atoms with Crippen LogP contribution in [-0.4, -0.2) is 35.2 Å². The Morgan fingerprint density at radius 2 is 1.71 bits per heavy atom. The van der Waals surface area contributed by atoms with Gasteiger partial charge in [-0.3, -0.25) is 19.3 Å². The van der Waals surface area contributed by atoms with E-state index in [0.717, 1.165) is 17.3 Å². The quantitative estimate of drug-likeness (QED) is 0.558. The lowest BCUT2D eigenvalue weighted by molar-refractivity contribution is -0.120. The molecule has 2 aliphatic rings. The number of carbonyl (C=O) groups is 3. The monoisotopic (exact) mass is 486 g/mol. The standard InChI is InChI=1S/C26H19FN4O3S/c27-18-10-12-19(13-11-18)31-25(34)21(14-17-6-2-1-3-7-17)29-26(31)35-16-24(33)30-15-23(32)28-20-8-4-5-9-22(20)30/h1-14H,15-16H2,(H,28,32)/b21-14-. The number of nitrogens with zero attached hydrogens (tertiary/aromatic N) is 3. The van der Waals surface area contributed by atoms with Crippen LogP contribution < -0.4 is 15.1 Å². The molecule has 35 heavy (non-hydrogen) atoms. The van der Waals surface area contributed by atoms with Gasteiger partial charge < -0.3 is 10.2 Å². The van der Waals surface area contributed by atoms with Crippen LogP contribution in [0.2, 0.25) is 0 Å². The molecule has 9 heteroatoms. The average Bonchev–Trinajstić information content (AvgIpc) is 3.17. The Labute approximate surface area is 205 Å². The second kappa shape index (κ2) is 9.55. The fourth-order valence-electron chi connectivity index (χ4n) is 3.78. The lowest BCUT2D eigenvalue weighted by Crippen LogP contribution is -2.43. The largest absolute Gasteiger partial charge is 0.323 e. The number of rotatable bonds is 4. The Bertz CT molecular complexity index is 1370. The van der Waals surface area contributed by atoms with Crippen molar-refractivity contribution < 1.29 is 18.8 Å². The number of carbonyl (C=O) groups excluding carboxylic acids is 3. The summed E-state index contributed by atoms with van der Waals surface area (Å²) < 4.78 is 13.5. The molecule has 5 rings (SSSR count). The van der Waals surface area contributed by atoms with Crippen LogP contribution in [0, 0.1) is 5.82 Å². The molecule has 0 aliphatic carbocycles. The number of para-hydroxylation sites is 2. The lowest BCUT2D eigenvalue weighted by atomic mass is 10.2. The fourth-order valence-corrected chi connectivity index (χ4v) is 4.67.